The number of anilines is 2. The molecule has 0 fully saturated rings. The Morgan fingerprint density at radius 3 is 1.72 bits per heavy atom. The largest absolute Gasteiger partial charge is 0.354 e. The molecule has 1 spiro atoms. The summed E-state index contributed by atoms with van der Waals surface area (Å²) in [5.74, 6) is 0. The highest BCUT2D eigenvalue weighted by atomic mass is 32.1. The van der Waals surface area contributed by atoms with Gasteiger partial charge in [0.2, 0.25) is 0 Å². The third kappa shape index (κ3) is 4.93. The summed E-state index contributed by atoms with van der Waals surface area (Å²) in [6, 6.07) is 59.8. The highest BCUT2D eigenvalue weighted by Crippen LogP contribution is 2.64. The molecule has 276 valence electrons. The zero-order chi connectivity index (χ0) is 38.8. The van der Waals surface area contributed by atoms with Crippen molar-refractivity contribution in [3.05, 3.63) is 191 Å². The molecule has 0 atom stereocenters. The van der Waals surface area contributed by atoms with E-state index in [4.69, 9.17) is 0 Å². The molecular formula is C55H45NS. The van der Waals surface area contributed by atoms with Gasteiger partial charge >= 0.3 is 0 Å². The van der Waals surface area contributed by atoms with Crippen LogP contribution in [0.15, 0.2) is 158 Å². The van der Waals surface area contributed by atoms with E-state index in [1.165, 1.54) is 97.7 Å². The Labute approximate surface area is 339 Å². The second kappa shape index (κ2) is 12.0. The predicted octanol–water partition coefficient (Wildman–Crippen LogP) is 15.6. The summed E-state index contributed by atoms with van der Waals surface area (Å²) >= 11 is 1.90. The van der Waals surface area contributed by atoms with Crippen LogP contribution in [-0.2, 0) is 16.2 Å². The molecule has 11 rings (SSSR count). The van der Waals surface area contributed by atoms with Gasteiger partial charge in [-0.15, -0.1) is 11.3 Å². The first-order valence-corrected chi connectivity index (χ1v) is 21.1. The van der Waals surface area contributed by atoms with Gasteiger partial charge in [0.1, 0.15) is 0 Å². The molecule has 0 saturated carbocycles. The third-order valence-electron chi connectivity index (χ3n) is 12.8. The summed E-state index contributed by atoms with van der Waals surface area (Å²) < 4.78 is 2.61. The average molecular weight is 752 g/mol. The van der Waals surface area contributed by atoms with E-state index in [9.17, 15) is 0 Å². The molecule has 57 heavy (non-hydrogen) atoms. The number of fused-ring (bicyclic) bond motifs is 15. The van der Waals surface area contributed by atoms with Crippen LogP contribution < -0.4 is 5.32 Å². The van der Waals surface area contributed by atoms with Gasteiger partial charge < -0.3 is 5.32 Å². The first kappa shape index (κ1) is 34.3. The first-order valence-electron chi connectivity index (χ1n) is 20.3. The van der Waals surface area contributed by atoms with Gasteiger partial charge in [0.25, 0.3) is 0 Å². The molecule has 0 bridgehead atoms. The van der Waals surface area contributed by atoms with E-state index in [1.807, 2.05) is 11.3 Å². The van der Waals surface area contributed by atoms with Crippen molar-refractivity contribution < 1.29 is 0 Å². The van der Waals surface area contributed by atoms with E-state index in [0.717, 1.165) is 11.4 Å². The van der Waals surface area contributed by atoms with E-state index in [0.29, 0.717) is 0 Å². The maximum atomic E-state index is 4.01. The molecular weight excluding hydrogens is 707 g/mol. The van der Waals surface area contributed by atoms with Gasteiger partial charge in [0.05, 0.1) is 15.8 Å². The van der Waals surface area contributed by atoms with Crippen LogP contribution in [0.25, 0.3) is 64.3 Å². The van der Waals surface area contributed by atoms with Crippen LogP contribution in [0.2, 0.25) is 0 Å². The van der Waals surface area contributed by atoms with Crippen molar-refractivity contribution in [2.75, 3.05) is 5.32 Å². The first-order chi connectivity index (χ1) is 27.5. The Bertz CT molecular complexity index is 3050. The molecule has 2 aliphatic rings. The van der Waals surface area contributed by atoms with E-state index in [2.05, 4.69) is 205 Å². The van der Waals surface area contributed by atoms with Gasteiger partial charge in [0, 0.05) is 26.7 Å². The molecule has 0 saturated heterocycles. The molecule has 8 aromatic carbocycles. The second-order valence-electron chi connectivity index (χ2n) is 18.2. The van der Waals surface area contributed by atoms with Gasteiger partial charge in [-0.1, -0.05) is 175 Å². The Morgan fingerprint density at radius 1 is 0.439 bits per heavy atom. The van der Waals surface area contributed by atoms with Gasteiger partial charge in [0.15, 0.2) is 0 Å². The highest BCUT2D eigenvalue weighted by molar-refractivity contribution is 7.27. The molecule has 0 radical (unpaired) electrons. The Hall–Kier alpha value is -5.96. The van der Waals surface area contributed by atoms with E-state index >= 15 is 0 Å². The van der Waals surface area contributed by atoms with Crippen molar-refractivity contribution >= 4 is 53.7 Å². The van der Waals surface area contributed by atoms with Crippen molar-refractivity contribution in [3.8, 4) is 33.4 Å². The predicted molar refractivity (Wildman–Crippen MR) is 246 cm³/mol. The smallest absolute Gasteiger partial charge is 0.0726 e. The monoisotopic (exact) mass is 751 g/mol. The van der Waals surface area contributed by atoms with Crippen LogP contribution in [-0.4, -0.2) is 0 Å². The zero-order valence-electron chi connectivity index (χ0n) is 33.4. The molecule has 1 N–H and O–H groups in total. The summed E-state index contributed by atoms with van der Waals surface area (Å²) in [7, 11) is 0. The van der Waals surface area contributed by atoms with Crippen molar-refractivity contribution in [1.29, 1.82) is 0 Å². The number of thiophene rings is 1. The molecule has 1 nitrogen and oxygen atoms in total. The fraction of sp³-hybridized carbons (Fsp3) is 0.164. The van der Waals surface area contributed by atoms with Gasteiger partial charge in [-0.05, 0) is 107 Å². The van der Waals surface area contributed by atoms with Crippen LogP contribution in [0.5, 0.6) is 0 Å². The van der Waals surface area contributed by atoms with Crippen molar-refractivity contribution in [1.82, 2.24) is 0 Å². The minimum absolute atomic E-state index is 0.0144. The fourth-order valence-electron chi connectivity index (χ4n) is 9.93. The summed E-state index contributed by atoms with van der Waals surface area (Å²) in [5, 5.41) is 9.21. The van der Waals surface area contributed by atoms with Gasteiger partial charge in [-0.2, -0.15) is 0 Å². The lowest BCUT2D eigenvalue weighted by Gasteiger charge is -2.33. The normalized spacial score (nSPS) is 13.9. The van der Waals surface area contributed by atoms with Crippen LogP contribution in [0.4, 0.5) is 11.4 Å². The van der Waals surface area contributed by atoms with E-state index in [-0.39, 0.29) is 10.8 Å². The van der Waals surface area contributed by atoms with Crippen molar-refractivity contribution in [2.45, 2.75) is 57.8 Å². The summed E-state index contributed by atoms with van der Waals surface area (Å²) in [4.78, 5) is 0. The molecule has 0 amide bonds. The average Bonchev–Trinajstić information content (AvgIpc) is 3.85. The molecule has 1 aromatic heterocycles. The lowest BCUT2D eigenvalue weighted by Crippen LogP contribution is -2.27. The van der Waals surface area contributed by atoms with E-state index in [1.54, 1.807) is 0 Å². The fourth-order valence-corrected chi connectivity index (χ4v) is 11.3. The number of hydrogen-bond donors (Lipinski definition) is 1. The topological polar surface area (TPSA) is 12.0 Å². The van der Waals surface area contributed by atoms with Crippen molar-refractivity contribution in [2.24, 2.45) is 0 Å². The highest BCUT2D eigenvalue weighted by Gasteiger charge is 2.52. The Morgan fingerprint density at radius 2 is 1.02 bits per heavy atom. The quantitative estimate of drug-likeness (QED) is 0.190. The number of hydrogen-bond acceptors (Lipinski definition) is 2. The summed E-state index contributed by atoms with van der Waals surface area (Å²) in [6.45, 7) is 14.0. The minimum atomic E-state index is -0.441. The Kier molecular flexibility index (Phi) is 7.24. The van der Waals surface area contributed by atoms with Crippen LogP contribution in [0.3, 0.4) is 0 Å². The lowest BCUT2D eigenvalue weighted by atomic mass is 9.68. The number of benzene rings is 8. The maximum Gasteiger partial charge on any atom is 0.0726 e. The summed E-state index contributed by atoms with van der Waals surface area (Å²) in [5.41, 5.74) is 17.9. The molecule has 0 unspecified atom stereocenters. The van der Waals surface area contributed by atoms with E-state index < -0.39 is 5.41 Å². The molecule has 0 aliphatic heterocycles. The van der Waals surface area contributed by atoms with Crippen molar-refractivity contribution in [3.63, 3.8) is 0 Å². The lowest BCUT2D eigenvalue weighted by molar-refractivity contribution is 0.586. The number of rotatable bonds is 3. The number of nitrogens with one attached hydrogen (secondary N) is 1. The third-order valence-corrected chi connectivity index (χ3v) is 14.0. The minimum Gasteiger partial charge on any atom is -0.354 e. The second-order valence-corrected chi connectivity index (χ2v) is 19.2. The van der Waals surface area contributed by atoms with Crippen LogP contribution in [0.1, 0.15) is 74.9 Å². The standard InChI is InChI=1S/C55H45NS/c1-53(2,3)35-23-26-40-41-27-24-36(54(4,5)6)31-47(41)55(46(40)30-35)45-21-13-12-19-39(45)42-28-25-37(32-48(42)55)56-49-22-14-20-43-50-38-18-11-10-17-34(38)29-44(52(50)57-51(43)49)33-15-8-7-9-16-33/h7-32,56H,1-6H3. The maximum absolute atomic E-state index is 4.01. The molecule has 2 heteroatoms. The SMILES string of the molecule is CC(C)(C)c1ccc2c(c1)C1(c3ccccc3-c3ccc(Nc4cccc5c4sc4c(-c6ccccc6)cc6ccccc6c45)cc31)c1cc(C(C)(C)C)ccc1-2. The van der Waals surface area contributed by atoms with Crippen LogP contribution in [0, 0.1) is 0 Å². The van der Waals surface area contributed by atoms with Gasteiger partial charge in [-0.25, -0.2) is 0 Å². The molecule has 2 aliphatic carbocycles. The Balaban J connectivity index is 1.15. The van der Waals surface area contributed by atoms with Gasteiger partial charge in [-0.3, -0.25) is 0 Å². The van der Waals surface area contributed by atoms with Crippen LogP contribution >= 0.6 is 11.3 Å². The molecule has 1 heterocycles. The molecule has 9 aromatic rings. The zero-order valence-corrected chi connectivity index (χ0v) is 34.2. The summed E-state index contributed by atoms with van der Waals surface area (Å²) in [6.07, 6.45) is 0.